The van der Waals surface area contributed by atoms with Crippen LogP contribution in [0.1, 0.15) is 56.8 Å². The smallest absolute Gasteiger partial charge is 0.150 e. The van der Waals surface area contributed by atoms with Crippen LogP contribution in [-0.4, -0.2) is 22.4 Å². The summed E-state index contributed by atoms with van der Waals surface area (Å²) in [5.41, 5.74) is 15.9. The lowest BCUT2D eigenvalue weighted by Crippen LogP contribution is -2.12. The van der Waals surface area contributed by atoms with Gasteiger partial charge in [0, 0.05) is 17.8 Å². The molecule has 7 aromatic carbocycles. The lowest BCUT2D eigenvalue weighted by molar-refractivity contribution is 0.341. The highest BCUT2D eigenvalue weighted by Crippen LogP contribution is 2.55. The molecule has 3 aliphatic heterocycles. The molecule has 0 aromatic heterocycles. The average molecular weight is 673 g/mol. The van der Waals surface area contributed by atoms with Crippen LogP contribution in [0.4, 0.5) is 5.69 Å². The molecule has 0 bridgehead atoms. The summed E-state index contributed by atoms with van der Waals surface area (Å²) in [5.74, 6) is 1.01. The minimum Gasteiger partial charge on any atom is -0.381 e. The predicted octanol–water partition coefficient (Wildman–Crippen LogP) is 11.7. The SMILES string of the molecule is Cc1cc(C)cc(C2N=C(c3cc(-c4ccc5c(c4)NCC=C5)cc(-c4cc5ccccc5c5ccccc45)c3)N3C(c4cc(C)cc(C)c4)N23)c1. The van der Waals surface area contributed by atoms with Gasteiger partial charge in [0.25, 0.3) is 0 Å². The largest absolute Gasteiger partial charge is 0.381 e. The summed E-state index contributed by atoms with van der Waals surface area (Å²) in [6.07, 6.45) is 4.40. The molecular formula is C48H40N4. The van der Waals surface area contributed by atoms with Crippen LogP contribution >= 0.6 is 0 Å². The first-order valence-electron chi connectivity index (χ1n) is 18.3. The quantitative estimate of drug-likeness (QED) is 0.146. The highest BCUT2D eigenvalue weighted by Gasteiger charge is 2.57. The van der Waals surface area contributed by atoms with Crippen molar-refractivity contribution >= 4 is 39.1 Å². The second-order valence-corrected chi connectivity index (χ2v) is 14.8. The zero-order chi connectivity index (χ0) is 35.1. The summed E-state index contributed by atoms with van der Waals surface area (Å²) in [4.78, 5) is 5.56. The molecule has 252 valence electrons. The second kappa shape index (κ2) is 11.8. The zero-order valence-corrected chi connectivity index (χ0v) is 30.0. The molecule has 0 saturated carbocycles. The minimum atomic E-state index is -0.104. The van der Waals surface area contributed by atoms with E-state index in [9.17, 15) is 0 Å². The Bertz CT molecular complexity index is 2620. The van der Waals surface area contributed by atoms with Gasteiger partial charge in [0.05, 0.1) is 0 Å². The number of hydrazine groups is 1. The molecule has 4 nitrogen and oxygen atoms in total. The number of anilines is 1. The van der Waals surface area contributed by atoms with Crippen molar-refractivity contribution in [3.8, 4) is 22.3 Å². The van der Waals surface area contributed by atoms with Crippen molar-refractivity contribution < 1.29 is 0 Å². The third kappa shape index (κ3) is 5.13. The Morgan fingerprint density at radius 3 is 2.00 bits per heavy atom. The summed E-state index contributed by atoms with van der Waals surface area (Å²) in [5, 5.41) is 13.5. The topological polar surface area (TPSA) is 30.4 Å². The lowest BCUT2D eigenvalue weighted by Gasteiger charge is -2.17. The van der Waals surface area contributed by atoms with Crippen LogP contribution in [0, 0.1) is 27.7 Å². The number of benzene rings is 7. The Hall–Kier alpha value is -5.97. The highest BCUT2D eigenvalue weighted by molar-refractivity contribution is 6.14. The molecule has 1 saturated heterocycles. The van der Waals surface area contributed by atoms with Crippen molar-refractivity contribution in [1.82, 2.24) is 10.0 Å². The summed E-state index contributed by atoms with van der Waals surface area (Å²) >= 11 is 0. The molecule has 52 heavy (non-hydrogen) atoms. The molecule has 0 aliphatic carbocycles. The van der Waals surface area contributed by atoms with Crippen LogP contribution in [-0.2, 0) is 0 Å². The number of amidine groups is 1. The van der Waals surface area contributed by atoms with Crippen LogP contribution in [0.25, 0.3) is 49.9 Å². The summed E-state index contributed by atoms with van der Waals surface area (Å²) in [6, 6.07) is 47.6. The number of fused-ring (bicyclic) bond motifs is 5. The van der Waals surface area contributed by atoms with E-state index in [0.717, 1.165) is 17.9 Å². The van der Waals surface area contributed by atoms with Crippen LogP contribution in [0.15, 0.2) is 138 Å². The molecule has 1 N–H and O–H groups in total. The molecule has 3 unspecified atom stereocenters. The first kappa shape index (κ1) is 30.8. The number of aryl methyl sites for hydroxylation is 4. The van der Waals surface area contributed by atoms with Crippen LogP contribution in [0.5, 0.6) is 0 Å². The van der Waals surface area contributed by atoms with Gasteiger partial charge < -0.3 is 5.32 Å². The van der Waals surface area contributed by atoms with E-state index in [-0.39, 0.29) is 12.3 Å². The molecule has 1 fully saturated rings. The van der Waals surface area contributed by atoms with Gasteiger partial charge in [-0.1, -0.05) is 131 Å². The average Bonchev–Trinajstić information content (AvgIpc) is 3.76. The zero-order valence-electron chi connectivity index (χ0n) is 30.0. The van der Waals surface area contributed by atoms with E-state index >= 15 is 0 Å². The summed E-state index contributed by atoms with van der Waals surface area (Å²) < 4.78 is 0. The molecule has 7 aromatic rings. The van der Waals surface area contributed by atoms with E-state index in [1.54, 1.807) is 0 Å². The fourth-order valence-corrected chi connectivity index (χ4v) is 8.70. The Morgan fingerprint density at radius 1 is 0.577 bits per heavy atom. The molecular weight excluding hydrogens is 633 g/mol. The van der Waals surface area contributed by atoms with E-state index < -0.39 is 0 Å². The van der Waals surface area contributed by atoms with Gasteiger partial charge in [-0.25, -0.2) is 4.99 Å². The van der Waals surface area contributed by atoms with Crippen molar-refractivity contribution in [2.45, 2.75) is 40.0 Å². The van der Waals surface area contributed by atoms with Crippen molar-refractivity contribution in [3.05, 3.63) is 178 Å². The normalized spacial score (nSPS) is 18.7. The molecule has 4 heteroatoms. The summed E-state index contributed by atoms with van der Waals surface area (Å²) in [7, 11) is 0. The molecule has 3 atom stereocenters. The number of nitrogens with zero attached hydrogens (tertiary/aromatic N) is 3. The lowest BCUT2D eigenvalue weighted by atomic mass is 9.90. The van der Waals surface area contributed by atoms with Crippen molar-refractivity contribution in [2.24, 2.45) is 4.99 Å². The third-order valence-electron chi connectivity index (χ3n) is 10.8. The monoisotopic (exact) mass is 672 g/mol. The molecule has 3 heterocycles. The van der Waals surface area contributed by atoms with E-state index in [4.69, 9.17) is 4.99 Å². The maximum absolute atomic E-state index is 5.56. The molecule has 0 radical (unpaired) electrons. The maximum Gasteiger partial charge on any atom is 0.150 e. The van der Waals surface area contributed by atoms with E-state index in [2.05, 4.69) is 183 Å². The first-order valence-corrected chi connectivity index (χ1v) is 18.3. The molecule has 0 amide bonds. The number of hydrogen-bond acceptors (Lipinski definition) is 4. The second-order valence-electron chi connectivity index (χ2n) is 14.8. The standard InChI is InChI=1S/C48H40N4/c1-29-18-30(2)21-38(20-29)46-50-47(52-48(51(46)52)40-22-31(3)19-32(4)23-40)39-25-36(34-16-15-33-11-9-17-49-45(33)28-34)24-37(26-39)44-27-35-10-5-6-12-41(35)42-13-7-8-14-43(42)44/h5-16,18-28,46,48-49H,17H2,1-4H3. The first-order chi connectivity index (χ1) is 25.4. The van der Waals surface area contributed by atoms with Gasteiger partial charge in [-0.05, 0) is 119 Å². The van der Waals surface area contributed by atoms with Gasteiger partial charge in [-0.3, -0.25) is 5.01 Å². The van der Waals surface area contributed by atoms with Gasteiger partial charge in [0.15, 0.2) is 0 Å². The van der Waals surface area contributed by atoms with Gasteiger partial charge >= 0.3 is 0 Å². The van der Waals surface area contributed by atoms with Gasteiger partial charge in [-0.2, -0.15) is 5.01 Å². The van der Waals surface area contributed by atoms with Gasteiger partial charge in [0.2, 0.25) is 0 Å². The fourth-order valence-electron chi connectivity index (χ4n) is 8.70. The molecule has 3 aliphatic rings. The number of hydrogen-bond donors (Lipinski definition) is 1. The van der Waals surface area contributed by atoms with E-state index in [1.165, 1.54) is 88.4 Å². The Balaban J connectivity index is 1.20. The maximum atomic E-state index is 5.56. The van der Waals surface area contributed by atoms with Crippen LogP contribution in [0.3, 0.4) is 0 Å². The molecule has 0 spiro atoms. The Labute approximate surface area is 305 Å². The van der Waals surface area contributed by atoms with Gasteiger partial charge in [0.1, 0.15) is 18.2 Å². The van der Waals surface area contributed by atoms with Crippen molar-refractivity contribution in [3.63, 3.8) is 0 Å². The van der Waals surface area contributed by atoms with Gasteiger partial charge in [-0.15, -0.1) is 0 Å². The number of aliphatic imine (C=N–C) groups is 1. The summed E-state index contributed by atoms with van der Waals surface area (Å²) in [6.45, 7) is 9.60. The van der Waals surface area contributed by atoms with Crippen molar-refractivity contribution in [1.29, 1.82) is 0 Å². The minimum absolute atomic E-state index is 0.104. The van der Waals surface area contributed by atoms with E-state index in [0.29, 0.717) is 0 Å². The predicted molar refractivity (Wildman–Crippen MR) is 217 cm³/mol. The highest BCUT2D eigenvalue weighted by atomic mass is 15.9. The van der Waals surface area contributed by atoms with Crippen LogP contribution < -0.4 is 5.32 Å². The van der Waals surface area contributed by atoms with E-state index in [1.807, 2.05) is 0 Å². The fraction of sp³-hybridized carbons (Fsp3) is 0.146. The van der Waals surface area contributed by atoms with Crippen LogP contribution in [0.2, 0.25) is 0 Å². The molecule has 10 rings (SSSR count). The third-order valence-corrected chi connectivity index (χ3v) is 10.8. The Kier molecular flexibility index (Phi) is 6.99. The van der Waals surface area contributed by atoms with Crippen molar-refractivity contribution in [2.75, 3.05) is 11.9 Å². The number of rotatable bonds is 5. The number of nitrogens with one attached hydrogen (secondary N) is 1. The Morgan fingerprint density at radius 2 is 1.23 bits per heavy atom.